The molecule has 1 fully saturated rings. The number of amides is 3. The van der Waals surface area contributed by atoms with Crippen LogP contribution in [0, 0.1) is 6.92 Å². The zero-order valence-corrected chi connectivity index (χ0v) is 18.1. The molecule has 3 amide bonds. The Hall–Kier alpha value is -3.80. The maximum Gasteiger partial charge on any atom is 0.325 e. The Kier molecular flexibility index (Phi) is 4.85. The number of benzene rings is 3. The van der Waals surface area contributed by atoms with Crippen molar-refractivity contribution in [3.05, 3.63) is 95.1 Å². The molecule has 2 N–H and O–H groups in total. The van der Waals surface area contributed by atoms with Crippen LogP contribution in [0.1, 0.15) is 46.4 Å². The number of fused-ring (bicyclic) bond motifs is 4. The normalized spacial score (nSPS) is 21.2. The highest BCUT2D eigenvalue weighted by molar-refractivity contribution is 5.97. The molecule has 6 nitrogen and oxygen atoms in total. The number of hydrogen-bond donors (Lipinski definition) is 2. The van der Waals surface area contributed by atoms with Gasteiger partial charge in [0.15, 0.2) is 5.72 Å². The highest BCUT2D eigenvalue weighted by atomic mass is 16.5. The summed E-state index contributed by atoms with van der Waals surface area (Å²) in [6.07, 6.45) is 0.633. The van der Waals surface area contributed by atoms with Crippen LogP contribution in [0.25, 0.3) is 0 Å². The summed E-state index contributed by atoms with van der Waals surface area (Å²) in [5.41, 5.74) is 3.63. The van der Waals surface area contributed by atoms with Crippen LogP contribution in [-0.4, -0.2) is 17.7 Å². The minimum atomic E-state index is -0.809. The first-order valence-corrected chi connectivity index (χ1v) is 10.8. The van der Waals surface area contributed by atoms with Crippen molar-refractivity contribution in [2.24, 2.45) is 0 Å². The number of ether oxygens (including phenoxy) is 1. The minimum Gasteiger partial charge on any atom is -0.467 e. The highest BCUT2D eigenvalue weighted by Gasteiger charge is 2.49. The van der Waals surface area contributed by atoms with Gasteiger partial charge in [0.1, 0.15) is 5.75 Å². The maximum atomic E-state index is 13.0. The third-order valence-electron chi connectivity index (χ3n) is 6.14. The molecule has 0 aliphatic carbocycles. The van der Waals surface area contributed by atoms with Gasteiger partial charge in [0.2, 0.25) is 0 Å². The van der Waals surface area contributed by atoms with Crippen molar-refractivity contribution in [2.75, 3.05) is 4.90 Å². The van der Waals surface area contributed by atoms with Crippen LogP contribution in [0.3, 0.4) is 0 Å². The number of carbonyl (C=O) groups excluding carboxylic acids is 2. The molecule has 32 heavy (non-hydrogen) atoms. The molecule has 0 aromatic heterocycles. The van der Waals surface area contributed by atoms with Crippen molar-refractivity contribution in [1.82, 2.24) is 10.6 Å². The van der Waals surface area contributed by atoms with Gasteiger partial charge in [-0.3, -0.25) is 9.69 Å². The van der Waals surface area contributed by atoms with Gasteiger partial charge in [-0.25, -0.2) is 4.79 Å². The number of urea groups is 1. The first-order valence-electron chi connectivity index (χ1n) is 10.8. The molecular formula is C26H25N3O3. The van der Waals surface area contributed by atoms with Gasteiger partial charge in [-0.1, -0.05) is 48.0 Å². The van der Waals surface area contributed by atoms with Crippen LogP contribution in [0.15, 0.2) is 72.8 Å². The molecule has 2 unspecified atom stereocenters. The highest BCUT2D eigenvalue weighted by Crippen LogP contribution is 2.45. The van der Waals surface area contributed by atoms with E-state index in [9.17, 15) is 9.59 Å². The maximum absolute atomic E-state index is 13.0. The average Bonchev–Trinajstić information content (AvgIpc) is 2.78. The van der Waals surface area contributed by atoms with Gasteiger partial charge >= 0.3 is 6.03 Å². The summed E-state index contributed by atoms with van der Waals surface area (Å²) >= 11 is 0. The van der Waals surface area contributed by atoms with E-state index >= 15 is 0 Å². The van der Waals surface area contributed by atoms with Crippen molar-refractivity contribution in [3.63, 3.8) is 0 Å². The van der Waals surface area contributed by atoms with Gasteiger partial charge in [0, 0.05) is 29.8 Å². The summed E-state index contributed by atoms with van der Waals surface area (Å²) in [6.45, 7) is 4.42. The van der Waals surface area contributed by atoms with Crippen molar-refractivity contribution in [3.8, 4) is 5.75 Å². The van der Waals surface area contributed by atoms with Crippen molar-refractivity contribution < 1.29 is 14.3 Å². The Bertz CT molecular complexity index is 1170. The van der Waals surface area contributed by atoms with Crippen LogP contribution in [0.4, 0.5) is 10.5 Å². The van der Waals surface area contributed by atoms with E-state index in [1.165, 1.54) is 5.56 Å². The van der Waals surface area contributed by atoms with Gasteiger partial charge in [-0.05, 0) is 49.7 Å². The van der Waals surface area contributed by atoms with Gasteiger partial charge in [-0.15, -0.1) is 0 Å². The first kappa shape index (κ1) is 20.1. The second kappa shape index (κ2) is 7.71. The molecular weight excluding hydrogens is 402 g/mol. The Balaban J connectivity index is 1.33. The summed E-state index contributed by atoms with van der Waals surface area (Å²) in [5, 5.41) is 6.02. The van der Waals surface area contributed by atoms with Gasteiger partial charge < -0.3 is 15.4 Å². The fourth-order valence-electron chi connectivity index (χ4n) is 4.47. The van der Waals surface area contributed by atoms with E-state index in [2.05, 4.69) is 10.6 Å². The second-order valence-corrected chi connectivity index (χ2v) is 8.57. The fourth-order valence-corrected chi connectivity index (χ4v) is 4.47. The standard InChI is InChI=1S/C26H25N3O3/c1-17-7-9-18(10-8-17)16-27-24(30)19-11-13-20(14-12-19)29-25(31)28-22-15-26(29,2)32-23-6-4-3-5-21(22)23/h3-14,22H,15-16H2,1-2H3,(H,27,30)(H,28,31). The minimum absolute atomic E-state index is 0.0828. The summed E-state index contributed by atoms with van der Waals surface area (Å²) < 4.78 is 6.29. The van der Waals surface area contributed by atoms with Crippen LogP contribution in [-0.2, 0) is 6.54 Å². The summed E-state index contributed by atoms with van der Waals surface area (Å²) in [7, 11) is 0. The number of carbonyl (C=O) groups is 2. The third kappa shape index (κ3) is 3.58. The average molecular weight is 428 g/mol. The predicted molar refractivity (Wildman–Crippen MR) is 123 cm³/mol. The SMILES string of the molecule is Cc1ccc(CNC(=O)c2ccc(N3C(=O)NC4CC3(C)Oc3ccccc34)cc2)cc1. The molecule has 3 aromatic rings. The molecule has 1 saturated heterocycles. The Labute approximate surface area is 187 Å². The largest absolute Gasteiger partial charge is 0.467 e. The number of aryl methyl sites for hydroxylation is 1. The monoisotopic (exact) mass is 427 g/mol. The molecule has 5 rings (SSSR count). The molecule has 0 saturated carbocycles. The molecule has 0 spiro atoms. The smallest absolute Gasteiger partial charge is 0.325 e. The quantitative estimate of drug-likeness (QED) is 0.634. The van der Waals surface area contributed by atoms with Gasteiger partial charge in [-0.2, -0.15) is 0 Å². The Morgan fingerprint density at radius 3 is 2.56 bits per heavy atom. The summed E-state index contributed by atoms with van der Waals surface area (Å²) in [5.74, 6) is 0.623. The topological polar surface area (TPSA) is 70.7 Å². The molecule has 2 atom stereocenters. The number of hydrogen-bond acceptors (Lipinski definition) is 3. The van der Waals surface area contributed by atoms with E-state index < -0.39 is 5.72 Å². The van der Waals surface area contributed by atoms with Crippen molar-refractivity contribution in [1.29, 1.82) is 0 Å². The van der Waals surface area contributed by atoms with Crippen LogP contribution in [0.5, 0.6) is 5.75 Å². The lowest BCUT2D eigenvalue weighted by molar-refractivity contribution is 0.0379. The molecule has 2 bridgehead atoms. The van der Waals surface area contributed by atoms with Gasteiger partial charge in [0.05, 0.1) is 6.04 Å². The Morgan fingerprint density at radius 2 is 1.81 bits per heavy atom. The lowest BCUT2D eigenvalue weighted by Gasteiger charge is -2.50. The predicted octanol–water partition coefficient (Wildman–Crippen LogP) is 4.69. The molecule has 162 valence electrons. The molecule has 2 aliphatic rings. The van der Waals surface area contributed by atoms with Gasteiger partial charge in [0.25, 0.3) is 5.91 Å². The van der Waals surface area contributed by atoms with Crippen LogP contribution >= 0.6 is 0 Å². The third-order valence-corrected chi connectivity index (χ3v) is 6.14. The van der Waals surface area contributed by atoms with E-state index in [0.717, 1.165) is 16.9 Å². The number of anilines is 1. The number of para-hydroxylation sites is 1. The fraction of sp³-hybridized carbons (Fsp3) is 0.231. The van der Waals surface area contributed by atoms with E-state index in [4.69, 9.17) is 4.74 Å². The molecule has 2 heterocycles. The van der Waals surface area contributed by atoms with Crippen LogP contribution in [0.2, 0.25) is 0 Å². The number of rotatable bonds is 4. The molecule has 2 aliphatic heterocycles. The van der Waals surface area contributed by atoms with E-state index in [1.54, 1.807) is 29.2 Å². The molecule has 0 radical (unpaired) electrons. The first-order chi connectivity index (χ1) is 15.4. The zero-order chi connectivity index (χ0) is 22.3. The van der Waals surface area contributed by atoms with Crippen molar-refractivity contribution in [2.45, 2.75) is 38.6 Å². The molecule has 6 heteroatoms. The Morgan fingerprint density at radius 1 is 1.09 bits per heavy atom. The summed E-state index contributed by atoms with van der Waals surface area (Å²) in [6, 6.07) is 22.6. The van der Waals surface area contributed by atoms with E-state index in [1.807, 2.05) is 62.4 Å². The van der Waals surface area contributed by atoms with Crippen LogP contribution < -0.4 is 20.3 Å². The summed E-state index contributed by atoms with van der Waals surface area (Å²) in [4.78, 5) is 27.2. The van der Waals surface area contributed by atoms with E-state index in [0.29, 0.717) is 24.2 Å². The second-order valence-electron chi connectivity index (χ2n) is 8.57. The number of nitrogens with one attached hydrogen (secondary N) is 2. The molecule has 3 aromatic carbocycles. The van der Waals surface area contributed by atoms with Crippen molar-refractivity contribution >= 4 is 17.6 Å². The van der Waals surface area contributed by atoms with E-state index in [-0.39, 0.29) is 18.0 Å². The number of nitrogens with zero attached hydrogens (tertiary/aromatic N) is 1. The zero-order valence-electron chi connectivity index (χ0n) is 18.1. The lowest BCUT2D eigenvalue weighted by Crippen LogP contribution is -2.65. The lowest BCUT2D eigenvalue weighted by atomic mass is 9.90.